The number of nitrogens with zero attached hydrogens (tertiary/aromatic N) is 3. The van der Waals surface area contributed by atoms with E-state index in [2.05, 4.69) is 4.98 Å². The van der Waals surface area contributed by atoms with Crippen molar-refractivity contribution in [1.29, 1.82) is 0 Å². The summed E-state index contributed by atoms with van der Waals surface area (Å²) in [6.45, 7) is 1.75. The molecule has 0 saturated heterocycles. The van der Waals surface area contributed by atoms with Crippen molar-refractivity contribution < 1.29 is 10.0 Å². The molecule has 0 fully saturated rings. The van der Waals surface area contributed by atoms with Crippen molar-refractivity contribution >= 4 is 11.5 Å². The van der Waals surface area contributed by atoms with Crippen molar-refractivity contribution in [2.75, 3.05) is 18.6 Å². The molecule has 2 rings (SSSR count). The molecule has 116 valence electrons. The molecule has 1 heterocycles. The first kappa shape index (κ1) is 15.9. The Morgan fingerprint density at radius 1 is 1.36 bits per heavy atom. The summed E-state index contributed by atoms with van der Waals surface area (Å²) in [6, 6.07) is 11.5. The number of pyridine rings is 1. The van der Waals surface area contributed by atoms with Crippen LogP contribution >= 0.6 is 0 Å². The van der Waals surface area contributed by atoms with Gasteiger partial charge in [-0.2, -0.15) is 0 Å². The highest BCUT2D eigenvalue weighted by atomic mass is 16.6. The zero-order valence-electron chi connectivity index (χ0n) is 12.6. The molecule has 1 atom stereocenters. The van der Waals surface area contributed by atoms with Crippen molar-refractivity contribution in [2.24, 2.45) is 0 Å². The largest absolute Gasteiger partial charge is 0.396 e. The Labute approximate surface area is 129 Å². The summed E-state index contributed by atoms with van der Waals surface area (Å²) in [5, 5.41) is 20.2. The molecule has 1 N–H and O–H groups in total. The lowest BCUT2D eigenvalue weighted by atomic mass is 10.0. The monoisotopic (exact) mass is 301 g/mol. The Balaban J connectivity index is 2.33. The van der Waals surface area contributed by atoms with Gasteiger partial charge < -0.3 is 10.0 Å². The van der Waals surface area contributed by atoms with Crippen LogP contribution in [0.5, 0.6) is 0 Å². The van der Waals surface area contributed by atoms with Crippen LogP contribution in [0.3, 0.4) is 0 Å². The maximum Gasteiger partial charge on any atom is 0.290 e. The van der Waals surface area contributed by atoms with E-state index in [1.54, 1.807) is 13.0 Å². The Bertz CT molecular complexity index is 646. The fourth-order valence-corrected chi connectivity index (χ4v) is 2.46. The summed E-state index contributed by atoms with van der Waals surface area (Å²) in [7, 11) is 1.88. The average molecular weight is 301 g/mol. The van der Waals surface area contributed by atoms with Gasteiger partial charge in [0.05, 0.1) is 11.0 Å². The van der Waals surface area contributed by atoms with Gasteiger partial charge in [0.25, 0.3) is 5.69 Å². The maximum absolute atomic E-state index is 10.9. The molecule has 6 nitrogen and oxygen atoms in total. The molecule has 22 heavy (non-hydrogen) atoms. The van der Waals surface area contributed by atoms with E-state index in [1.165, 1.54) is 6.20 Å². The maximum atomic E-state index is 10.9. The number of aliphatic hydroxyl groups is 1. The van der Waals surface area contributed by atoms with E-state index in [0.717, 1.165) is 5.56 Å². The van der Waals surface area contributed by atoms with Gasteiger partial charge in [-0.15, -0.1) is 0 Å². The molecule has 0 bridgehead atoms. The summed E-state index contributed by atoms with van der Waals surface area (Å²) in [4.78, 5) is 16.6. The van der Waals surface area contributed by atoms with Crippen LogP contribution in [-0.4, -0.2) is 28.7 Å². The Morgan fingerprint density at radius 3 is 2.59 bits per heavy atom. The highest BCUT2D eigenvalue weighted by Gasteiger charge is 2.20. The van der Waals surface area contributed by atoms with Gasteiger partial charge in [0.2, 0.25) is 0 Å². The van der Waals surface area contributed by atoms with Crippen LogP contribution in [0.4, 0.5) is 11.5 Å². The van der Waals surface area contributed by atoms with Crippen molar-refractivity contribution in [1.82, 2.24) is 4.98 Å². The summed E-state index contributed by atoms with van der Waals surface area (Å²) in [6.07, 6.45) is 1.83. The van der Waals surface area contributed by atoms with Crippen LogP contribution in [0.1, 0.15) is 23.6 Å². The van der Waals surface area contributed by atoms with Gasteiger partial charge in [-0.05, 0) is 25.0 Å². The smallest absolute Gasteiger partial charge is 0.290 e. The number of hydrogen-bond donors (Lipinski definition) is 1. The summed E-state index contributed by atoms with van der Waals surface area (Å²) >= 11 is 0. The number of anilines is 1. The molecular formula is C16H19N3O3. The molecule has 0 aliphatic carbocycles. The van der Waals surface area contributed by atoms with Crippen LogP contribution in [0.15, 0.2) is 42.6 Å². The van der Waals surface area contributed by atoms with Gasteiger partial charge in [-0.25, -0.2) is 4.98 Å². The quantitative estimate of drug-likeness (QED) is 0.655. The fraction of sp³-hybridized carbons (Fsp3) is 0.312. The predicted molar refractivity (Wildman–Crippen MR) is 84.9 cm³/mol. The zero-order chi connectivity index (χ0) is 16.1. The van der Waals surface area contributed by atoms with Crippen LogP contribution in [0.25, 0.3) is 0 Å². The first-order valence-corrected chi connectivity index (χ1v) is 7.04. The van der Waals surface area contributed by atoms with Crippen molar-refractivity contribution in [2.45, 2.75) is 19.4 Å². The van der Waals surface area contributed by atoms with Crippen molar-refractivity contribution in [3.05, 3.63) is 63.8 Å². The number of hydrogen-bond acceptors (Lipinski definition) is 5. The van der Waals surface area contributed by atoms with E-state index < -0.39 is 4.92 Å². The second-order valence-electron chi connectivity index (χ2n) is 5.14. The molecular weight excluding hydrogens is 282 g/mol. The van der Waals surface area contributed by atoms with E-state index in [1.807, 2.05) is 42.3 Å². The van der Waals surface area contributed by atoms with E-state index in [4.69, 9.17) is 0 Å². The lowest BCUT2D eigenvalue weighted by molar-refractivity contribution is -0.385. The third kappa shape index (κ3) is 3.40. The molecule has 0 unspecified atom stereocenters. The number of aromatic nitrogens is 1. The van der Waals surface area contributed by atoms with Gasteiger partial charge in [0.15, 0.2) is 0 Å². The topological polar surface area (TPSA) is 79.5 Å². The lowest BCUT2D eigenvalue weighted by Crippen LogP contribution is -2.26. The minimum atomic E-state index is -0.436. The Morgan fingerprint density at radius 2 is 2.05 bits per heavy atom. The summed E-state index contributed by atoms with van der Waals surface area (Å²) in [5.74, 6) is 0.644. The molecule has 0 saturated carbocycles. The van der Waals surface area contributed by atoms with Crippen LogP contribution in [0.2, 0.25) is 0 Å². The second-order valence-corrected chi connectivity index (χ2v) is 5.14. The summed E-state index contributed by atoms with van der Waals surface area (Å²) in [5.41, 5.74) is 1.64. The molecule has 0 aliphatic heterocycles. The third-order valence-electron chi connectivity index (χ3n) is 3.68. The zero-order valence-corrected chi connectivity index (χ0v) is 12.6. The Hall–Kier alpha value is -2.47. The highest BCUT2D eigenvalue weighted by Crippen LogP contribution is 2.29. The predicted octanol–water partition coefficient (Wildman–Crippen LogP) is 2.86. The minimum Gasteiger partial charge on any atom is -0.396 e. The average Bonchev–Trinajstić information content (AvgIpc) is 2.52. The Kier molecular flexibility index (Phi) is 5.06. The first-order chi connectivity index (χ1) is 10.5. The molecule has 2 aromatic rings. The van der Waals surface area contributed by atoms with E-state index in [-0.39, 0.29) is 18.3 Å². The molecule has 0 amide bonds. The normalized spacial score (nSPS) is 12.0. The van der Waals surface area contributed by atoms with Gasteiger partial charge >= 0.3 is 0 Å². The highest BCUT2D eigenvalue weighted by molar-refractivity contribution is 5.49. The van der Waals surface area contributed by atoms with E-state index in [9.17, 15) is 15.2 Å². The molecule has 1 aromatic heterocycles. The van der Waals surface area contributed by atoms with Gasteiger partial charge in [-0.3, -0.25) is 10.1 Å². The number of aliphatic hydroxyl groups excluding tert-OH is 1. The van der Waals surface area contributed by atoms with E-state index >= 15 is 0 Å². The lowest BCUT2D eigenvalue weighted by Gasteiger charge is -2.29. The number of nitro groups is 1. The number of rotatable bonds is 6. The van der Waals surface area contributed by atoms with E-state index in [0.29, 0.717) is 17.8 Å². The molecule has 6 heteroatoms. The SMILES string of the molecule is Cc1cc(N(C)[C@@H](CCO)c2ccccc2)ncc1[N+](=O)[O-]. The fourth-order valence-electron chi connectivity index (χ4n) is 2.46. The number of benzene rings is 1. The molecule has 1 aromatic carbocycles. The number of aryl methyl sites for hydroxylation is 1. The van der Waals surface area contributed by atoms with Crippen molar-refractivity contribution in [3.8, 4) is 0 Å². The molecule has 0 radical (unpaired) electrons. The van der Waals surface area contributed by atoms with Gasteiger partial charge in [0.1, 0.15) is 12.0 Å². The third-order valence-corrected chi connectivity index (χ3v) is 3.68. The molecule has 0 aliphatic rings. The van der Waals surface area contributed by atoms with Crippen molar-refractivity contribution in [3.63, 3.8) is 0 Å². The second kappa shape index (κ2) is 7.00. The van der Waals surface area contributed by atoms with Crippen LogP contribution in [0, 0.1) is 17.0 Å². The van der Waals surface area contributed by atoms with Gasteiger partial charge in [-0.1, -0.05) is 30.3 Å². The van der Waals surface area contributed by atoms with Gasteiger partial charge in [0, 0.05) is 19.2 Å². The summed E-state index contributed by atoms with van der Waals surface area (Å²) < 4.78 is 0. The standard InChI is InChI=1S/C16H19N3O3/c1-12-10-16(17-11-15(12)19(21)22)18(2)14(8-9-20)13-6-4-3-5-7-13/h3-7,10-11,14,20H,8-9H2,1-2H3/t14-/m0/s1. The molecule has 0 spiro atoms. The minimum absolute atomic E-state index is 0.00979. The van der Waals surface area contributed by atoms with Crippen LogP contribution in [-0.2, 0) is 0 Å². The van der Waals surface area contributed by atoms with Crippen LogP contribution < -0.4 is 4.90 Å². The first-order valence-electron chi connectivity index (χ1n) is 7.04.